The highest BCUT2D eigenvalue weighted by Gasteiger charge is 2.46. The van der Waals surface area contributed by atoms with E-state index in [0.29, 0.717) is 0 Å². The Balaban J connectivity index is 1.43. The highest BCUT2D eigenvalue weighted by molar-refractivity contribution is 5.88. The molecule has 12 heteroatoms. The average molecular weight is 579 g/mol. The van der Waals surface area contributed by atoms with Crippen LogP contribution in [0.15, 0.2) is 82.0 Å². The molecule has 1 aromatic heterocycles. The van der Waals surface area contributed by atoms with Crippen molar-refractivity contribution in [3.63, 3.8) is 0 Å². The second-order valence-corrected chi connectivity index (χ2v) is 9.48. The molecule has 4 aromatic rings. The van der Waals surface area contributed by atoms with Gasteiger partial charge >= 0.3 is 5.97 Å². The zero-order valence-corrected chi connectivity index (χ0v) is 21.7. The Kier molecular flexibility index (Phi) is 8.13. The smallest absolute Gasteiger partial charge is 0.330 e. The molecule has 0 aliphatic carbocycles. The first-order chi connectivity index (χ1) is 20.1. The van der Waals surface area contributed by atoms with Crippen LogP contribution in [0.25, 0.3) is 28.4 Å². The van der Waals surface area contributed by atoms with Gasteiger partial charge in [-0.05, 0) is 35.9 Å². The van der Waals surface area contributed by atoms with Crippen LogP contribution >= 0.6 is 0 Å². The van der Waals surface area contributed by atoms with Crippen LogP contribution in [0.3, 0.4) is 0 Å². The fourth-order valence-electron chi connectivity index (χ4n) is 4.39. The predicted octanol–water partition coefficient (Wildman–Crippen LogP) is 2.02. The fraction of sp³-hybridized carbons (Fsp3) is 0.200. The van der Waals surface area contributed by atoms with Crippen LogP contribution in [-0.4, -0.2) is 73.9 Å². The fourth-order valence-corrected chi connectivity index (χ4v) is 4.39. The third kappa shape index (κ3) is 5.92. The Morgan fingerprint density at radius 2 is 1.60 bits per heavy atom. The first kappa shape index (κ1) is 28.6. The molecular formula is C30H26O12. The number of benzene rings is 3. The molecule has 218 valence electrons. The van der Waals surface area contributed by atoms with E-state index in [-0.39, 0.29) is 33.8 Å². The minimum atomic E-state index is -1.87. The van der Waals surface area contributed by atoms with Crippen molar-refractivity contribution >= 4 is 23.0 Å². The van der Waals surface area contributed by atoms with E-state index < -0.39 is 60.2 Å². The number of aromatic hydroxyl groups is 3. The molecule has 5 atom stereocenters. The van der Waals surface area contributed by atoms with E-state index in [4.69, 9.17) is 18.6 Å². The molecule has 0 saturated carbocycles. The zero-order valence-electron chi connectivity index (χ0n) is 21.7. The van der Waals surface area contributed by atoms with Crippen molar-refractivity contribution in [1.29, 1.82) is 0 Å². The molecule has 6 N–H and O–H groups in total. The number of carbonyl (C=O) groups excluding carboxylic acids is 1. The number of hydrogen-bond acceptors (Lipinski definition) is 12. The van der Waals surface area contributed by atoms with Gasteiger partial charge < -0.3 is 49.3 Å². The van der Waals surface area contributed by atoms with Gasteiger partial charge in [-0.3, -0.25) is 4.79 Å². The Hall–Kier alpha value is -4.88. The Morgan fingerprint density at radius 3 is 2.31 bits per heavy atom. The summed E-state index contributed by atoms with van der Waals surface area (Å²) in [5, 5.41) is 61.2. The summed E-state index contributed by atoms with van der Waals surface area (Å²) in [6.45, 7) is -0.542. The molecule has 1 fully saturated rings. The van der Waals surface area contributed by atoms with Crippen molar-refractivity contribution in [3.05, 3.63) is 88.6 Å². The lowest BCUT2D eigenvalue weighted by Crippen LogP contribution is -2.60. The SMILES string of the molecule is O=C(/C=C\c1ccccc1)OC[C@H]1O[C@@H](Oc2c(-c3ccc(O)cc3)oc3cc(O)cc(O)c3c2=O)C(O)C(O)[C@@H]1O. The standard InChI is InChI=1S/C30H26O12/c31-17-9-7-16(8-10-17)28-29(25(36)23-19(33)12-18(32)13-20(23)40-28)42-30-27(38)26(37)24(35)21(41-30)14-39-22(34)11-6-15-4-2-1-3-5-15/h1-13,21,24,26-27,30-33,35,37-38H,14H2/b11-6-/t21-,24-,26?,27?,30+/m1/s1. The summed E-state index contributed by atoms with van der Waals surface area (Å²) in [5.74, 6) is -2.62. The summed E-state index contributed by atoms with van der Waals surface area (Å²) in [7, 11) is 0. The second-order valence-electron chi connectivity index (χ2n) is 9.48. The minimum absolute atomic E-state index is 0.0845. The lowest BCUT2D eigenvalue weighted by molar-refractivity contribution is -0.278. The Morgan fingerprint density at radius 1 is 0.881 bits per heavy atom. The highest BCUT2D eigenvalue weighted by atomic mass is 16.7. The van der Waals surface area contributed by atoms with E-state index in [9.17, 15) is 40.2 Å². The molecule has 0 amide bonds. The van der Waals surface area contributed by atoms with Gasteiger partial charge in [0.05, 0.1) is 0 Å². The number of phenolic OH excluding ortho intramolecular Hbond substituents is 3. The van der Waals surface area contributed by atoms with Crippen LogP contribution in [0.5, 0.6) is 23.0 Å². The number of esters is 1. The van der Waals surface area contributed by atoms with E-state index in [1.165, 1.54) is 30.3 Å². The number of phenols is 3. The van der Waals surface area contributed by atoms with Gasteiger partial charge in [0.2, 0.25) is 17.5 Å². The largest absolute Gasteiger partial charge is 0.508 e. The summed E-state index contributed by atoms with van der Waals surface area (Å²) in [6.07, 6.45) is -5.87. The first-order valence-electron chi connectivity index (χ1n) is 12.7. The van der Waals surface area contributed by atoms with Crippen molar-refractivity contribution in [3.8, 4) is 34.3 Å². The third-order valence-corrected chi connectivity index (χ3v) is 6.55. The normalized spacial score (nSPS) is 22.3. The van der Waals surface area contributed by atoms with Crippen LogP contribution in [-0.2, 0) is 14.3 Å². The number of hydrogen-bond donors (Lipinski definition) is 6. The van der Waals surface area contributed by atoms with Gasteiger partial charge in [-0.25, -0.2) is 4.79 Å². The van der Waals surface area contributed by atoms with E-state index in [1.807, 2.05) is 6.07 Å². The Bertz CT molecular complexity index is 1660. The molecule has 12 nitrogen and oxygen atoms in total. The monoisotopic (exact) mass is 578 g/mol. The van der Waals surface area contributed by atoms with Crippen LogP contribution in [0, 0.1) is 0 Å². The number of aliphatic hydroxyl groups is 3. The van der Waals surface area contributed by atoms with Crippen LogP contribution < -0.4 is 10.2 Å². The molecule has 1 saturated heterocycles. The van der Waals surface area contributed by atoms with Gasteiger partial charge in [-0.15, -0.1) is 0 Å². The molecule has 0 spiro atoms. The van der Waals surface area contributed by atoms with Crippen molar-refractivity contribution < 1.29 is 54.1 Å². The molecule has 0 bridgehead atoms. The summed E-state index contributed by atoms with van der Waals surface area (Å²) in [6, 6.07) is 16.4. The molecular weight excluding hydrogens is 552 g/mol. The van der Waals surface area contributed by atoms with E-state index in [0.717, 1.165) is 23.8 Å². The number of aliphatic hydroxyl groups excluding tert-OH is 3. The van der Waals surface area contributed by atoms with Crippen molar-refractivity contribution in [2.24, 2.45) is 0 Å². The van der Waals surface area contributed by atoms with Gasteiger partial charge in [-0.2, -0.15) is 0 Å². The maximum absolute atomic E-state index is 13.5. The Labute approximate surface area is 237 Å². The number of ether oxygens (including phenoxy) is 3. The van der Waals surface area contributed by atoms with Gasteiger partial charge in [0, 0.05) is 23.8 Å². The van der Waals surface area contributed by atoms with Gasteiger partial charge in [0.15, 0.2) is 5.76 Å². The second kappa shape index (κ2) is 11.9. The van der Waals surface area contributed by atoms with Crippen molar-refractivity contribution in [1.82, 2.24) is 0 Å². The molecule has 2 unspecified atom stereocenters. The lowest BCUT2D eigenvalue weighted by Gasteiger charge is -2.39. The maximum Gasteiger partial charge on any atom is 0.330 e. The van der Waals surface area contributed by atoms with Crippen LogP contribution in [0.4, 0.5) is 0 Å². The number of carbonyl (C=O) groups is 1. The maximum atomic E-state index is 13.5. The van der Waals surface area contributed by atoms with Gasteiger partial charge in [0.25, 0.3) is 0 Å². The molecule has 1 aliphatic heterocycles. The summed E-state index contributed by atoms with van der Waals surface area (Å²) >= 11 is 0. The van der Waals surface area contributed by atoms with E-state index in [2.05, 4.69) is 0 Å². The quantitative estimate of drug-likeness (QED) is 0.138. The van der Waals surface area contributed by atoms with E-state index in [1.54, 1.807) is 24.3 Å². The number of fused-ring (bicyclic) bond motifs is 1. The van der Waals surface area contributed by atoms with Crippen molar-refractivity contribution in [2.75, 3.05) is 6.61 Å². The van der Waals surface area contributed by atoms with Crippen LogP contribution in [0.1, 0.15) is 5.56 Å². The molecule has 3 aromatic carbocycles. The summed E-state index contributed by atoms with van der Waals surface area (Å²) in [4.78, 5) is 25.8. The molecule has 42 heavy (non-hydrogen) atoms. The molecule has 5 rings (SSSR count). The zero-order chi connectivity index (χ0) is 30.0. The highest BCUT2D eigenvalue weighted by Crippen LogP contribution is 2.37. The summed E-state index contributed by atoms with van der Waals surface area (Å²) < 4.78 is 22.3. The lowest BCUT2D eigenvalue weighted by atomic mass is 9.99. The third-order valence-electron chi connectivity index (χ3n) is 6.55. The van der Waals surface area contributed by atoms with E-state index >= 15 is 0 Å². The predicted molar refractivity (Wildman–Crippen MR) is 147 cm³/mol. The van der Waals surface area contributed by atoms with Crippen LogP contribution in [0.2, 0.25) is 0 Å². The average Bonchev–Trinajstić information content (AvgIpc) is 2.97. The van der Waals surface area contributed by atoms with Gasteiger partial charge in [0.1, 0.15) is 59.2 Å². The van der Waals surface area contributed by atoms with Crippen molar-refractivity contribution in [2.45, 2.75) is 30.7 Å². The van der Waals surface area contributed by atoms with Gasteiger partial charge in [-0.1, -0.05) is 30.3 Å². The summed E-state index contributed by atoms with van der Waals surface area (Å²) in [5.41, 5.74) is -0.134. The minimum Gasteiger partial charge on any atom is -0.508 e. The number of rotatable bonds is 7. The molecule has 1 aliphatic rings. The first-order valence-corrected chi connectivity index (χ1v) is 12.7. The topological polar surface area (TPSA) is 196 Å². The molecule has 2 heterocycles. The molecule has 0 radical (unpaired) electrons.